The van der Waals surface area contributed by atoms with E-state index in [2.05, 4.69) is 15.3 Å². The van der Waals surface area contributed by atoms with Crippen molar-refractivity contribution in [2.24, 2.45) is 5.73 Å². The van der Waals surface area contributed by atoms with E-state index in [4.69, 9.17) is 5.73 Å². The van der Waals surface area contributed by atoms with Gasteiger partial charge in [-0.05, 0) is 31.4 Å². The molecule has 2 amide bonds. The molecule has 3 heterocycles. The molecule has 0 aromatic carbocycles. The fourth-order valence-electron chi connectivity index (χ4n) is 3.05. The zero-order chi connectivity index (χ0) is 18.4. The fraction of sp³-hybridized carbons (Fsp3) is 0.444. The molecule has 1 fully saturated rings. The standard InChI is InChI=1S/C18H23N5O2S/c19-8-7-16(24)21-11-13-5-2-4-10-23(13)18(25)15-12-22-17(26-15)14-6-1-3-9-20-14/h1,3,6,9,12-13H,2,4-5,7-8,10-11,19H2,(H,21,24). The molecular formula is C18H23N5O2S. The van der Waals surface area contributed by atoms with E-state index in [-0.39, 0.29) is 17.9 Å². The molecule has 2 aromatic rings. The number of carbonyl (C=O) groups excluding carboxylic acids is 2. The minimum atomic E-state index is -0.0688. The molecule has 3 rings (SSSR count). The van der Waals surface area contributed by atoms with E-state index < -0.39 is 0 Å². The molecule has 2 aromatic heterocycles. The summed E-state index contributed by atoms with van der Waals surface area (Å²) in [6.45, 7) is 1.50. The number of pyridine rings is 1. The maximum atomic E-state index is 13.0. The van der Waals surface area contributed by atoms with Gasteiger partial charge < -0.3 is 16.0 Å². The smallest absolute Gasteiger partial charge is 0.265 e. The normalized spacial score (nSPS) is 17.1. The molecule has 3 N–H and O–H groups in total. The highest BCUT2D eigenvalue weighted by Crippen LogP contribution is 2.26. The number of likely N-dealkylation sites (tertiary alicyclic amines) is 1. The summed E-state index contributed by atoms with van der Waals surface area (Å²) in [5.74, 6) is -0.0943. The average Bonchev–Trinajstić information content (AvgIpc) is 3.17. The third-order valence-electron chi connectivity index (χ3n) is 4.39. The van der Waals surface area contributed by atoms with E-state index in [9.17, 15) is 9.59 Å². The Balaban J connectivity index is 1.68. The van der Waals surface area contributed by atoms with Crippen LogP contribution in [0.2, 0.25) is 0 Å². The lowest BCUT2D eigenvalue weighted by atomic mass is 10.0. The molecule has 0 radical (unpaired) electrons. The Morgan fingerprint density at radius 1 is 1.31 bits per heavy atom. The molecule has 0 saturated carbocycles. The van der Waals surface area contributed by atoms with Crippen molar-refractivity contribution >= 4 is 23.2 Å². The monoisotopic (exact) mass is 373 g/mol. The van der Waals surface area contributed by atoms with Crippen molar-refractivity contribution in [1.82, 2.24) is 20.2 Å². The van der Waals surface area contributed by atoms with E-state index in [0.29, 0.717) is 30.9 Å². The third-order valence-corrected chi connectivity index (χ3v) is 5.40. The maximum absolute atomic E-state index is 13.0. The van der Waals surface area contributed by atoms with Gasteiger partial charge in [-0.25, -0.2) is 4.98 Å². The van der Waals surface area contributed by atoms with Gasteiger partial charge in [0.25, 0.3) is 5.91 Å². The first kappa shape index (κ1) is 18.5. The molecule has 8 heteroatoms. The predicted octanol–water partition coefficient (Wildman–Crippen LogP) is 1.66. The van der Waals surface area contributed by atoms with Crippen LogP contribution in [0.15, 0.2) is 30.6 Å². The number of nitrogens with zero attached hydrogens (tertiary/aromatic N) is 3. The van der Waals surface area contributed by atoms with Gasteiger partial charge in [0, 0.05) is 38.3 Å². The van der Waals surface area contributed by atoms with Gasteiger partial charge in [-0.2, -0.15) is 0 Å². The lowest BCUT2D eigenvalue weighted by Crippen LogP contribution is -2.49. The van der Waals surface area contributed by atoms with Crippen molar-refractivity contribution in [1.29, 1.82) is 0 Å². The summed E-state index contributed by atoms with van der Waals surface area (Å²) in [6.07, 6.45) is 6.57. The summed E-state index contributed by atoms with van der Waals surface area (Å²) in [5.41, 5.74) is 6.17. The maximum Gasteiger partial charge on any atom is 0.265 e. The lowest BCUT2D eigenvalue weighted by molar-refractivity contribution is -0.121. The van der Waals surface area contributed by atoms with Crippen molar-refractivity contribution in [3.8, 4) is 10.7 Å². The number of aromatic nitrogens is 2. The number of rotatable bonds is 6. The first-order valence-corrected chi connectivity index (χ1v) is 9.65. The van der Waals surface area contributed by atoms with Crippen LogP contribution in [-0.4, -0.2) is 52.4 Å². The van der Waals surface area contributed by atoms with Crippen LogP contribution < -0.4 is 11.1 Å². The van der Waals surface area contributed by atoms with Crippen molar-refractivity contribution in [3.63, 3.8) is 0 Å². The molecule has 1 aliphatic heterocycles. The lowest BCUT2D eigenvalue weighted by Gasteiger charge is -2.35. The number of hydrogen-bond donors (Lipinski definition) is 2. The van der Waals surface area contributed by atoms with Gasteiger partial charge in [0.2, 0.25) is 5.91 Å². The second-order valence-corrected chi connectivity index (χ2v) is 7.27. The Morgan fingerprint density at radius 2 is 2.19 bits per heavy atom. The Labute approximate surface area is 156 Å². The topological polar surface area (TPSA) is 101 Å². The summed E-state index contributed by atoms with van der Waals surface area (Å²) in [4.78, 5) is 35.7. The van der Waals surface area contributed by atoms with Crippen LogP contribution in [0.3, 0.4) is 0 Å². The first-order chi connectivity index (χ1) is 12.7. The van der Waals surface area contributed by atoms with Gasteiger partial charge in [0.15, 0.2) is 0 Å². The molecule has 7 nitrogen and oxygen atoms in total. The molecule has 0 spiro atoms. The Kier molecular flexibility index (Phi) is 6.30. The number of hydrogen-bond acceptors (Lipinski definition) is 6. The van der Waals surface area contributed by atoms with Gasteiger partial charge in [0.05, 0.1) is 11.9 Å². The Hall–Kier alpha value is -2.32. The van der Waals surface area contributed by atoms with Gasteiger partial charge in [-0.3, -0.25) is 14.6 Å². The van der Waals surface area contributed by atoms with Crippen LogP contribution in [0.5, 0.6) is 0 Å². The summed E-state index contributed by atoms with van der Waals surface area (Å²) < 4.78 is 0. The van der Waals surface area contributed by atoms with Crippen molar-refractivity contribution < 1.29 is 9.59 Å². The summed E-state index contributed by atoms with van der Waals surface area (Å²) in [5, 5.41) is 3.62. The number of thiazole rings is 1. The minimum Gasteiger partial charge on any atom is -0.354 e. The summed E-state index contributed by atoms with van der Waals surface area (Å²) in [7, 11) is 0. The summed E-state index contributed by atoms with van der Waals surface area (Å²) >= 11 is 1.35. The van der Waals surface area contributed by atoms with E-state index in [0.717, 1.165) is 30.0 Å². The molecule has 138 valence electrons. The van der Waals surface area contributed by atoms with Crippen LogP contribution >= 0.6 is 11.3 Å². The number of nitrogens with two attached hydrogens (primary N) is 1. The highest BCUT2D eigenvalue weighted by atomic mass is 32.1. The van der Waals surface area contributed by atoms with Crippen LogP contribution in [-0.2, 0) is 4.79 Å². The van der Waals surface area contributed by atoms with Crippen LogP contribution in [0.25, 0.3) is 10.7 Å². The number of piperidine rings is 1. The second kappa shape index (κ2) is 8.86. The average molecular weight is 373 g/mol. The largest absolute Gasteiger partial charge is 0.354 e. The Bertz CT molecular complexity index is 749. The molecule has 1 unspecified atom stereocenters. The predicted molar refractivity (Wildman–Crippen MR) is 101 cm³/mol. The highest BCUT2D eigenvalue weighted by molar-refractivity contribution is 7.16. The van der Waals surface area contributed by atoms with Crippen LogP contribution in [0, 0.1) is 0 Å². The summed E-state index contributed by atoms with van der Waals surface area (Å²) in [6, 6.07) is 5.64. The van der Waals surface area contributed by atoms with Crippen molar-refractivity contribution in [2.45, 2.75) is 31.7 Å². The van der Waals surface area contributed by atoms with Gasteiger partial charge >= 0.3 is 0 Å². The van der Waals surface area contributed by atoms with E-state index in [1.54, 1.807) is 12.4 Å². The molecule has 0 bridgehead atoms. The Morgan fingerprint density at radius 3 is 2.96 bits per heavy atom. The van der Waals surface area contributed by atoms with Crippen LogP contribution in [0.1, 0.15) is 35.4 Å². The zero-order valence-electron chi connectivity index (χ0n) is 14.6. The molecule has 0 aliphatic carbocycles. The SMILES string of the molecule is NCCC(=O)NCC1CCCCN1C(=O)c1cnc(-c2ccccn2)s1. The van der Waals surface area contributed by atoms with E-state index in [1.807, 2.05) is 23.1 Å². The third kappa shape index (κ3) is 4.44. The van der Waals surface area contributed by atoms with Crippen molar-refractivity contribution in [2.75, 3.05) is 19.6 Å². The zero-order valence-corrected chi connectivity index (χ0v) is 15.4. The molecule has 1 aliphatic rings. The molecule has 1 atom stereocenters. The first-order valence-electron chi connectivity index (χ1n) is 8.84. The molecular weight excluding hydrogens is 350 g/mol. The number of nitrogens with one attached hydrogen (secondary N) is 1. The molecule has 1 saturated heterocycles. The quantitative estimate of drug-likeness (QED) is 0.802. The van der Waals surface area contributed by atoms with Crippen molar-refractivity contribution in [3.05, 3.63) is 35.5 Å². The fourth-order valence-corrected chi connectivity index (χ4v) is 3.90. The highest BCUT2D eigenvalue weighted by Gasteiger charge is 2.29. The van der Waals surface area contributed by atoms with E-state index >= 15 is 0 Å². The molecule has 26 heavy (non-hydrogen) atoms. The van der Waals surface area contributed by atoms with E-state index in [1.165, 1.54) is 11.3 Å². The number of carbonyl (C=O) groups is 2. The van der Waals surface area contributed by atoms with Gasteiger partial charge in [-0.15, -0.1) is 11.3 Å². The van der Waals surface area contributed by atoms with Gasteiger partial charge in [0.1, 0.15) is 9.88 Å². The number of amides is 2. The van der Waals surface area contributed by atoms with Crippen LogP contribution in [0.4, 0.5) is 0 Å². The minimum absolute atomic E-state index is 0.0124. The second-order valence-electron chi connectivity index (χ2n) is 6.24. The van der Waals surface area contributed by atoms with Gasteiger partial charge in [-0.1, -0.05) is 6.07 Å².